The fourth-order valence-corrected chi connectivity index (χ4v) is 7.05. The lowest BCUT2D eigenvalue weighted by molar-refractivity contribution is -0.172. The van der Waals surface area contributed by atoms with Gasteiger partial charge in [0.05, 0.1) is 19.3 Å². The second-order valence-electron chi connectivity index (χ2n) is 11.3. The lowest BCUT2D eigenvalue weighted by Crippen LogP contribution is -2.59. The topological polar surface area (TPSA) is 107 Å². The zero-order chi connectivity index (χ0) is 25.2. The number of likely N-dealkylation sites (tertiary alicyclic amines) is 1. The van der Waals surface area contributed by atoms with E-state index in [1.54, 1.807) is 12.1 Å². The first-order valence-corrected chi connectivity index (χ1v) is 13.2. The van der Waals surface area contributed by atoms with Crippen LogP contribution in [0.25, 0.3) is 0 Å². The Labute approximate surface area is 208 Å². The van der Waals surface area contributed by atoms with Crippen LogP contribution in [0.1, 0.15) is 70.8 Å². The summed E-state index contributed by atoms with van der Waals surface area (Å²) in [6.45, 7) is 6.03. The molecular formula is C28H41NO6. The van der Waals surface area contributed by atoms with Gasteiger partial charge in [-0.2, -0.15) is 0 Å². The van der Waals surface area contributed by atoms with Crippen LogP contribution >= 0.6 is 0 Å². The number of aromatic hydroxyl groups is 1. The van der Waals surface area contributed by atoms with Gasteiger partial charge >= 0.3 is 0 Å². The molecule has 1 amide bonds. The zero-order valence-electron chi connectivity index (χ0n) is 21.2. The normalized spacial score (nSPS) is 33.0. The number of benzene rings is 1. The Morgan fingerprint density at radius 1 is 1.20 bits per heavy atom. The molecule has 1 saturated heterocycles. The average molecular weight is 488 g/mol. The van der Waals surface area contributed by atoms with Crippen molar-refractivity contribution in [2.24, 2.45) is 22.7 Å². The summed E-state index contributed by atoms with van der Waals surface area (Å²) >= 11 is 0. The smallest absolute Gasteiger partial charge is 0.222 e. The van der Waals surface area contributed by atoms with Crippen LogP contribution in [-0.4, -0.2) is 64.3 Å². The monoisotopic (exact) mass is 487 g/mol. The Morgan fingerprint density at radius 2 is 1.94 bits per heavy atom. The summed E-state index contributed by atoms with van der Waals surface area (Å²) < 4.78 is 5.94. The highest BCUT2D eigenvalue weighted by atomic mass is 16.5. The van der Waals surface area contributed by atoms with Crippen molar-refractivity contribution in [3.8, 4) is 11.5 Å². The molecule has 7 heteroatoms. The number of hydrogen-bond acceptors (Lipinski definition) is 6. The van der Waals surface area contributed by atoms with E-state index < -0.39 is 11.5 Å². The number of carbonyl (C=O) groups excluding carboxylic acids is 2. The molecule has 3 aliphatic rings. The molecule has 3 N–H and O–H groups in total. The molecule has 0 aromatic heterocycles. The number of fused-ring (bicyclic) bond motifs is 1. The third-order valence-electron chi connectivity index (χ3n) is 9.31. The fourth-order valence-electron chi connectivity index (χ4n) is 7.05. The Bertz CT molecular complexity index is 928. The number of phenolic OH excluding ortho intramolecular Hbond substituents is 1. The van der Waals surface area contributed by atoms with Crippen LogP contribution in [0.5, 0.6) is 11.5 Å². The minimum Gasteiger partial charge on any atom is -0.508 e. The standard InChI is InChI=1S/C28H41NO6/c1-27-13-11-25(33)28(2,18-30)24(27)9-8-22(31)21(27)12-16-35-20-7-5-19(23(32)17-20)6-10-26(34)29-14-3-4-15-29/h5,7,17,21,24-25,30,32-33H,3-4,6,8-16,18H2,1-2H3/t21-,24+,25-,27+,28+/m1/s1. The molecule has 4 rings (SSSR count). The maximum absolute atomic E-state index is 12.9. The van der Waals surface area contributed by atoms with Gasteiger partial charge in [-0.05, 0) is 67.9 Å². The predicted molar refractivity (Wildman–Crippen MR) is 132 cm³/mol. The van der Waals surface area contributed by atoms with E-state index in [1.165, 1.54) is 0 Å². The van der Waals surface area contributed by atoms with Gasteiger partial charge in [0.25, 0.3) is 0 Å². The van der Waals surface area contributed by atoms with Crippen molar-refractivity contribution in [3.05, 3.63) is 23.8 Å². The highest BCUT2D eigenvalue weighted by Gasteiger charge is 2.58. The number of phenols is 1. The van der Waals surface area contributed by atoms with Crippen molar-refractivity contribution >= 4 is 11.7 Å². The summed E-state index contributed by atoms with van der Waals surface area (Å²) in [5, 5.41) is 31.2. The van der Waals surface area contributed by atoms with Crippen molar-refractivity contribution in [3.63, 3.8) is 0 Å². The Hall–Kier alpha value is -2.12. The number of aryl methyl sites for hydroxylation is 1. The van der Waals surface area contributed by atoms with Crippen molar-refractivity contribution < 1.29 is 29.6 Å². The van der Waals surface area contributed by atoms with Crippen molar-refractivity contribution in [1.29, 1.82) is 0 Å². The number of rotatable bonds is 8. The van der Waals surface area contributed by atoms with E-state index in [9.17, 15) is 24.9 Å². The molecule has 5 atom stereocenters. The van der Waals surface area contributed by atoms with Crippen LogP contribution < -0.4 is 4.74 Å². The third-order valence-corrected chi connectivity index (χ3v) is 9.31. The summed E-state index contributed by atoms with van der Waals surface area (Å²) in [6, 6.07) is 5.20. The minimum atomic E-state index is -0.593. The number of ketones is 1. The molecule has 0 bridgehead atoms. The van der Waals surface area contributed by atoms with E-state index >= 15 is 0 Å². The fraction of sp³-hybridized carbons (Fsp3) is 0.714. The summed E-state index contributed by atoms with van der Waals surface area (Å²) in [7, 11) is 0. The van der Waals surface area contributed by atoms with Crippen molar-refractivity contribution in [2.45, 2.75) is 77.7 Å². The van der Waals surface area contributed by atoms with Gasteiger partial charge in [-0.15, -0.1) is 0 Å². The van der Waals surface area contributed by atoms with Crippen LogP contribution in [-0.2, 0) is 16.0 Å². The number of Topliss-reactive ketones (excluding diaryl/α,β-unsaturated/α-hetero) is 1. The lowest BCUT2D eigenvalue weighted by atomic mass is 9.46. The molecule has 1 heterocycles. The molecule has 0 unspecified atom stereocenters. The van der Waals surface area contributed by atoms with Crippen molar-refractivity contribution in [2.75, 3.05) is 26.3 Å². The summed E-state index contributed by atoms with van der Waals surface area (Å²) in [5.74, 6) is 0.949. The third kappa shape index (κ3) is 5.08. The van der Waals surface area contributed by atoms with Gasteiger partial charge in [-0.3, -0.25) is 9.59 Å². The second-order valence-corrected chi connectivity index (χ2v) is 11.3. The maximum atomic E-state index is 12.9. The molecule has 194 valence electrons. The van der Waals surface area contributed by atoms with Gasteiger partial charge in [0.2, 0.25) is 5.91 Å². The number of aliphatic hydroxyl groups excluding tert-OH is 2. The van der Waals surface area contributed by atoms with Gasteiger partial charge < -0.3 is 25.0 Å². The van der Waals surface area contributed by atoms with E-state index in [2.05, 4.69) is 6.92 Å². The number of aliphatic hydroxyl groups is 2. The first kappa shape index (κ1) is 26.0. The highest BCUT2D eigenvalue weighted by molar-refractivity contribution is 5.83. The van der Waals surface area contributed by atoms with Crippen LogP contribution in [0, 0.1) is 22.7 Å². The molecule has 0 spiro atoms. The molecule has 0 radical (unpaired) electrons. The van der Waals surface area contributed by atoms with Crippen LogP contribution in [0.15, 0.2) is 18.2 Å². The van der Waals surface area contributed by atoms with Crippen LogP contribution in [0.2, 0.25) is 0 Å². The van der Waals surface area contributed by atoms with E-state index in [0.29, 0.717) is 50.9 Å². The first-order chi connectivity index (χ1) is 16.7. The van der Waals surface area contributed by atoms with Gasteiger partial charge in [0.1, 0.15) is 17.3 Å². The molecule has 1 aliphatic heterocycles. The quantitative estimate of drug-likeness (QED) is 0.518. The molecule has 2 aliphatic carbocycles. The number of amides is 1. The Morgan fingerprint density at radius 3 is 2.63 bits per heavy atom. The highest BCUT2D eigenvalue weighted by Crippen LogP contribution is 2.59. The summed E-state index contributed by atoms with van der Waals surface area (Å²) in [6.07, 6.45) is 5.55. The van der Waals surface area contributed by atoms with Gasteiger partial charge in [-0.1, -0.05) is 19.9 Å². The lowest BCUT2D eigenvalue weighted by Gasteiger charge is -2.58. The maximum Gasteiger partial charge on any atom is 0.222 e. The largest absolute Gasteiger partial charge is 0.508 e. The summed E-state index contributed by atoms with van der Waals surface area (Å²) in [4.78, 5) is 27.1. The first-order valence-electron chi connectivity index (χ1n) is 13.2. The molecular weight excluding hydrogens is 446 g/mol. The molecule has 1 aromatic rings. The minimum absolute atomic E-state index is 0.0815. The molecule has 35 heavy (non-hydrogen) atoms. The SMILES string of the molecule is C[C@]1(CO)[C@H]2CCC(=O)[C@@H](CCOc3ccc(CCC(=O)N4CCCC4)c(O)c3)[C@]2(C)CC[C@H]1O. The molecule has 7 nitrogen and oxygen atoms in total. The number of hydrogen-bond donors (Lipinski definition) is 3. The van der Waals surface area contributed by atoms with Gasteiger partial charge in [0, 0.05) is 43.3 Å². The molecule has 3 fully saturated rings. The average Bonchev–Trinajstić information content (AvgIpc) is 3.38. The van der Waals surface area contributed by atoms with Gasteiger partial charge in [0.15, 0.2) is 0 Å². The Balaban J connectivity index is 1.34. The van der Waals surface area contributed by atoms with Gasteiger partial charge in [-0.25, -0.2) is 0 Å². The Kier molecular flexibility index (Phi) is 7.77. The van der Waals surface area contributed by atoms with Crippen molar-refractivity contribution in [1.82, 2.24) is 4.90 Å². The van der Waals surface area contributed by atoms with E-state index in [0.717, 1.165) is 37.9 Å². The second kappa shape index (κ2) is 10.5. The number of nitrogens with zero attached hydrogens (tertiary/aromatic N) is 1. The zero-order valence-corrected chi connectivity index (χ0v) is 21.2. The van der Waals surface area contributed by atoms with Crippen LogP contribution in [0.3, 0.4) is 0 Å². The predicted octanol–water partition coefficient (Wildman–Crippen LogP) is 3.47. The number of ether oxygens (including phenoxy) is 1. The molecule has 1 aromatic carbocycles. The molecule has 2 saturated carbocycles. The van der Waals surface area contributed by atoms with E-state index in [-0.39, 0.29) is 41.3 Å². The van der Waals surface area contributed by atoms with E-state index in [1.807, 2.05) is 17.9 Å². The number of carbonyl (C=O) groups is 2. The van der Waals surface area contributed by atoms with E-state index in [4.69, 9.17) is 4.74 Å². The van der Waals surface area contributed by atoms with Crippen LogP contribution in [0.4, 0.5) is 0 Å². The summed E-state index contributed by atoms with van der Waals surface area (Å²) in [5.41, 5.74) is -0.139.